The molecule has 4 aliphatic heterocycles. The number of rotatable bonds is 8. The van der Waals surface area contributed by atoms with Crippen molar-refractivity contribution in [2.75, 3.05) is 19.6 Å². The number of hydrogen-bond donors (Lipinski definition) is 0. The molecule has 15 rings (SSSR count). The van der Waals surface area contributed by atoms with Gasteiger partial charge in [0.1, 0.15) is 0 Å². The summed E-state index contributed by atoms with van der Waals surface area (Å²) in [5.41, 5.74) is 24.3. The van der Waals surface area contributed by atoms with Gasteiger partial charge in [0, 0.05) is 76.5 Å². The fraction of sp³-hybridized carbons (Fsp3) is 0.0294. The number of aryl methyl sites for hydroxylation is 2. The van der Waals surface area contributed by atoms with Crippen LogP contribution < -0.4 is 52.4 Å². The normalized spacial score (nSPS) is 13.2. The summed E-state index contributed by atoms with van der Waals surface area (Å²) in [6.45, 7) is 4.54. The first-order chi connectivity index (χ1) is 37.6. The molecule has 0 aliphatic carbocycles. The zero-order chi connectivity index (χ0) is 50.4. The summed E-state index contributed by atoms with van der Waals surface area (Å²) >= 11 is 3.85. The summed E-state index contributed by atoms with van der Waals surface area (Å²) in [5.74, 6) is 0. The van der Waals surface area contributed by atoms with Crippen LogP contribution in [-0.2, 0) is 0 Å². The van der Waals surface area contributed by atoms with Gasteiger partial charge in [-0.05, 0) is 150 Å². The van der Waals surface area contributed by atoms with Gasteiger partial charge in [-0.15, -0.1) is 0 Å². The van der Waals surface area contributed by atoms with Gasteiger partial charge in [0.25, 0.3) is 6.71 Å². The predicted octanol–water partition coefficient (Wildman–Crippen LogP) is 14.8. The molecule has 11 aromatic rings. The third-order valence-electron chi connectivity index (χ3n) is 15.7. The smallest absolute Gasteiger partial charge is 0.252 e. The monoisotopic (exact) mass is 1010 g/mol. The van der Waals surface area contributed by atoms with E-state index in [2.05, 4.69) is 288 Å². The summed E-state index contributed by atoms with van der Waals surface area (Å²) in [6.07, 6.45) is 0. The van der Waals surface area contributed by atoms with E-state index in [9.17, 15) is 0 Å². The highest BCUT2D eigenvalue weighted by molar-refractivity contribution is 8.01. The van der Waals surface area contributed by atoms with Crippen LogP contribution in [0.2, 0.25) is 0 Å². The van der Waals surface area contributed by atoms with E-state index in [-0.39, 0.29) is 13.4 Å². The Morgan fingerprint density at radius 2 is 0.763 bits per heavy atom. The van der Waals surface area contributed by atoms with Crippen molar-refractivity contribution in [3.63, 3.8) is 0 Å². The average molecular weight is 1010 g/mol. The standard InChI is InChI=1S/C68H48B2N4S2/c1-45-23-22-24-46(2)68(45)74-59-44-63-57(70-55-36-19-21-38-62(55)75-64-41-53(42-65(76-63)67(64)70)72(49-29-12-5-13-30-49)50-31-14-6-15-32-50)43-56(59)69-54-35-18-20-37-58(54)73(51-33-16-7-17-34-51)60-39-52(40-61(74)66(60)69)71(47-25-8-3-9-26-47)48-27-10-4-11-28-48/h3-44H,1-2H3. The summed E-state index contributed by atoms with van der Waals surface area (Å²) in [6, 6.07) is 94.4. The maximum Gasteiger partial charge on any atom is 0.252 e. The molecule has 358 valence electrons. The molecule has 4 nitrogen and oxygen atoms in total. The lowest BCUT2D eigenvalue weighted by molar-refractivity contribution is 1.19. The summed E-state index contributed by atoms with van der Waals surface area (Å²) in [4.78, 5) is 15.2. The second-order valence-electron chi connectivity index (χ2n) is 20.1. The largest absolute Gasteiger partial charge is 0.311 e. The lowest BCUT2D eigenvalue weighted by Gasteiger charge is -2.46. The topological polar surface area (TPSA) is 13.0 Å². The van der Waals surface area contributed by atoms with Crippen LogP contribution in [0.1, 0.15) is 11.1 Å². The van der Waals surface area contributed by atoms with E-state index in [1.54, 1.807) is 0 Å². The van der Waals surface area contributed by atoms with E-state index in [0.717, 1.165) is 39.8 Å². The molecule has 0 atom stereocenters. The van der Waals surface area contributed by atoms with E-state index in [1.807, 2.05) is 23.5 Å². The van der Waals surface area contributed by atoms with Crippen LogP contribution in [0.3, 0.4) is 0 Å². The molecule has 11 aromatic carbocycles. The lowest BCUT2D eigenvalue weighted by atomic mass is 9.31. The third kappa shape index (κ3) is 7.12. The highest BCUT2D eigenvalue weighted by Gasteiger charge is 2.47. The fourth-order valence-electron chi connectivity index (χ4n) is 12.6. The Hall–Kier alpha value is -8.55. The van der Waals surface area contributed by atoms with Gasteiger partial charge in [0.15, 0.2) is 0 Å². The van der Waals surface area contributed by atoms with E-state index in [0.29, 0.717) is 0 Å². The molecule has 0 N–H and O–H groups in total. The molecule has 0 fully saturated rings. The van der Waals surface area contributed by atoms with Crippen molar-refractivity contribution in [1.29, 1.82) is 0 Å². The van der Waals surface area contributed by atoms with Crippen molar-refractivity contribution >= 4 is 138 Å². The predicted molar refractivity (Wildman–Crippen MR) is 325 cm³/mol. The van der Waals surface area contributed by atoms with Gasteiger partial charge in [-0.25, -0.2) is 0 Å². The average Bonchev–Trinajstić information content (AvgIpc) is 3.46. The number of para-hydroxylation sites is 7. The molecule has 0 spiro atoms. The van der Waals surface area contributed by atoms with Gasteiger partial charge in [-0.2, -0.15) is 0 Å². The second-order valence-corrected chi connectivity index (χ2v) is 22.3. The first-order valence-corrected chi connectivity index (χ1v) is 27.8. The molecule has 4 aliphatic rings. The van der Waals surface area contributed by atoms with Crippen LogP contribution >= 0.6 is 23.5 Å². The number of anilines is 12. The molecule has 0 aromatic heterocycles. The Labute approximate surface area is 454 Å². The van der Waals surface area contributed by atoms with Gasteiger partial charge in [-0.1, -0.05) is 186 Å². The minimum absolute atomic E-state index is 0.0433. The van der Waals surface area contributed by atoms with Crippen molar-refractivity contribution in [2.45, 2.75) is 33.4 Å². The Morgan fingerprint density at radius 1 is 0.303 bits per heavy atom. The number of benzene rings is 11. The summed E-state index contributed by atoms with van der Waals surface area (Å²) in [7, 11) is 0. The Balaban J connectivity index is 1.02. The molecule has 4 heterocycles. The Morgan fingerprint density at radius 3 is 1.34 bits per heavy atom. The van der Waals surface area contributed by atoms with Crippen molar-refractivity contribution in [1.82, 2.24) is 0 Å². The number of nitrogens with zero attached hydrogens (tertiary/aromatic N) is 4. The van der Waals surface area contributed by atoms with Crippen LogP contribution in [0.15, 0.2) is 274 Å². The van der Waals surface area contributed by atoms with Crippen molar-refractivity contribution in [2.24, 2.45) is 0 Å². The number of fused-ring (bicyclic) bond motifs is 8. The van der Waals surface area contributed by atoms with E-state index < -0.39 is 0 Å². The highest BCUT2D eigenvalue weighted by Crippen LogP contribution is 2.51. The Kier molecular flexibility index (Phi) is 10.7. The van der Waals surface area contributed by atoms with Crippen LogP contribution in [-0.4, -0.2) is 13.4 Å². The van der Waals surface area contributed by atoms with Gasteiger partial charge in [-0.3, -0.25) is 0 Å². The van der Waals surface area contributed by atoms with Crippen LogP contribution in [0.5, 0.6) is 0 Å². The fourth-order valence-corrected chi connectivity index (χ4v) is 15.1. The molecule has 0 radical (unpaired) electrons. The molecule has 0 bridgehead atoms. The first kappa shape index (κ1) is 44.9. The second kappa shape index (κ2) is 18.1. The highest BCUT2D eigenvalue weighted by atomic mass is 32.2. The molecular formula is C68H48B2N4S2. The van der Waals surface area contributed by atoms with Gasteiger partial charge < -0.3 is 19.6 Å². The van der Waals surface area contributed by atoms with Crippen molar-refractivity contribution < 1.29 is 0 Å². The van der Waals surface area contributed by atoms with Crippen LogP contribution in [0.25, 0.3) is 0 Å². The molecular weight excluding hydrogens is 959 g/mol. The zero-order valence-electron chi connectivity index (χ0n) is 42.0. The van der Waals surface area contributed by atoms with Gasteiger partial charge >= 0.3 is 0 Å². The van der Waals surface area contributed by atoms with E-state index in [4.69, 9.17) is 0 Å². The van der Waals surface area contributed by atoms with Gasteiger partial charge in [0.2, 0.25) is 6.71 Å². The Bertz CT molecular complexity index is 3970. The minimum Gasteiger partial charge on any atom is -0.311 e. The molecule has 0 amide bonds. The molecule has 0 saturated heterocycles. The van der Waals surface area contributed by atoms with Crippen molar-refractivity contribution in [3.8, 4) is 0 Å². The SMILES string of the molecule is Cc1cccc(C)c1N1c2cc3c(cc2B2c4ccccc4N(c4ccccc4)c4cc(N(c5ccccc5)c5ccccc5)cc1c42)B1c2ccccc2Sc2cc(N(c4ccccc4)c4ccccc4)cc(c21)S3. The molecule has 0 saturated carbocycles. The minimum atomic E-state index is -0.0651. The lowest BCUT2D eigenvalue weighted by Crippen LogP contribution is -2.64. The van der Waals surface area contributed by atoms with E-state index in [1.165, 1.54) is 91.9 Å². The maximum atomic E-state index is 2.64. The first-order valence-electron chi connectivity index (χ1n) is 26.1. The number of hydrogen-bond acceptors (Lipinski definition) is 6. The molecule has 76 heavy (non-hydrogen) atoms. The zero-order valence-corrected chi connectivity index (χ0v) is 43.6. The summed E-state index contributed by atoms with van der Waals surface area (Å²) < 4.78 is 0. The third-order valence-corrected chi connectivity index (χ3v) is 18.0. The van der Waals surface area contributed by atoms with Crippen LogP contribution in [0, 0.1) is 13.8 Å². The van der Waals surface area contributed by atoms with E-state index >= 15 is 0 Å². The summed E-state index contributed by atoms with van der Waals surface area (Å²) in [5, 5.41) is 0. The van der Waals surface area contributed by atoms with Crippen LogP contribution in [0.4, 0.5) is 68.2 Å². The maximum absolute atomic E-state index is 2.64. The molecule has 0 unspecified atom stereocenters. The quantitative estimate of drug-likeness (QED) is 0.140. The van der Waals surface area contributed by atoms with Gasteiger partial charge in [0.05, 0.1) is 11.4 Å². The molecule has 8 heteroatoms. The van der Waals surface area contributed by atoms with Crippen molar-refractivity contribution in [3.05, 3.63) is 266 Å².